The topological polar surface area (TPSA) is 61.9 Å². The number of hydrogen-bond donors (Lipinski definition) is 1. The molecule has 2 aliphatic heterocycles. The van der Waals surface area contributed by atoms with Gasteiger partial charge in [0.15, 0.2) is 0 Å². The summed E-state index contributed by atoms with van der Waals surface area (Å²) < 4.78 is 5.38. The molecule has 2 fully saturated rings. The summed E-state index contributed by atoms with van der Waals surface area (Å²) in [5, 5.41) is 3.09. The van der Waals surface area contributed by atoms with Crippen molar-refractivity contribution < 1.29 is 14.3 Å². The molecular weight excluding hydrogens is 330 g/mol. The molecule has 0 aliphatic carbocycles. The number of carbonyl (C=O) groups is 2. The molecule has 2 heterocycles. The number of nitrogens with zero attached hydrogens (tertiary/aromatic N) is 2. The van der Waals surface area contributed by atoms with Crippen molar-refractivity contribution in [3.8, 4) is 0 Å². The summed E-state index contributed by atoms with van der Waals surface area (Å²) in [4.78, 5) is 27.7. The van der Waals surface area contributed by atoms with Gasteiger partial charge >= 0.3 is 6.09 Å². The summed E-state index contributed by atoms with van der Waals surface area (Å²) >= 11 is 0. The van der Waals surface area contributed by atoms with Crippen LogP contribution >= 0.6 is 0 Å². The van der Waals surface area contributed by atoms with Crippen LogP contribution in [0.4, 0.5) is 4.79 Å². The molecule has 1 N–H and O–H groups in total. The van der Waals surface area contributed by atoms with Gasteiger partial charge in [0.05, 0.1) is 6.54 Å². The largest absolute Gasteiger partial charge is 0.445 e. The van der Waals surface area contributed by atoms with E-state index in [1.165, 1.54) is 0 Å². The van der Waals surface area contributed by atoms with Crippen molar-refractivity contribution in [2.75, 3.05) is 39.3 Å². The molecule has 2 aliphatic rings. The Bertz CT molecular complexity index is 557. The van der Waals surface area contributed by atoms with E-state index in [1.807, 2.05) is 49.1 Å². The molecular formula is C20H31N3O3. The third-order valence-corrected chi connectivity index (χ3v) is 4.74. The molecule has 0 bridgehead atoms. The number of amides is 2. The zero-order valence-corrected chi connectivity index (χ0v) is 15.9. The van der Waals surface area contributed by atoms with Crippen LogP contribution in [0.3, 0.4) is 0 Å². The molecule has 0 aromatic heterocycles. The molecule has 6 nitrogen and oxygen atoms in total. The quantitative estimate of drug-likeness (QED) is 0.895. The van der Waals surface area contributed by atoms with E-state index in [-0.39, 0.29) is 12.0 Å². The minimum Gasteiger partial charge on any atom is -0.445 e. The van der Waals surface area contributed by atoms with Gasteiger partial charge in [-0.25, -0.2) is 4.79 Å². The maximum absolute atomic E-state index is 12.2. The summed E-state index contributed by atoms with van der Waals surface area (Å²) in [7, 11) is 0. The fourth-order valence-electron chi connectivity index (χ4n) is 3.26. The Labute approximate surface area is 156 Å². The van der Waals surface area contributed by atoms with Crippen LogP contribution in [-0.2, 0) is 16.1 Å². The van der Waals surface area contributed by atoms with Crippen molar-refractivity contribution in [2.45, 2.75) is 33.3 Å². The second kappa shape index (κ2) is 10.8. The highest BCUT2D eigenvalue weighted by atomic mass is 16.6. The first-order chi connectivity index (χ1) is 12.7. The molecule has 144 valence electrons. The van der Waals surface area contributed by atoms with Gasteiger partial charge in [-0.3, -0.25) is 4.79 Å². The van der Waals surface area contributed by atoms with E-state index in [9.17, 15) is 9.59 Å². The van der Waals surface area contributed by atoms with Crippen LogP contribution in [0.1, 0.15) is 32.3 Å². The summed E-state index contributed by atoms with van der Waals surface area (Å²) in [5.41, 5.74) is 0.998. The van der Waals surface area contributed by atoms with E-state index < -0.39 is 0 Å². The predicted molar refractivity (Wildman–Crippen MR) is 102 cm³/mol. The fraction of sp³-hybridized carbons (Fsp3) is 0.600. The Morgan fingerprint density at radius 2 is 1.85 bits per heavy atom. The molecule has 0 unspecified atom stereocenters. The Hall–Kier alpha value is -2.08. The van der Waals surface area contributed by atoms with Crippen molar-refractivity contribution >= 4 is 12.0 Å². The Morgan fingerprint density at radius 3 is 2.50 bits per heavy atom. The van der Waals surface area contributed by atoms with Gasteiger partial charge in [0, 0.05) is 32.7 Å². The number of rotatable bonds is 4. The zero-order chi connectivity index (χ0) is 18.8. The monoisotopic (exact) mass is 361 g/mol. The standard InChI is InChI=1S/C18H25N3O3.C2H6/c22-17-12-19-8-11-21(17)13-15-6-9-20(10-7-15)18(23)24-14-16-4-2-1-3-5-16;1-2/h1-5,15,19H,6-14H2;1-2H3. The van der Waals surface area contributed by atoms with E-state index in [0.29, 0.717) is 32.2 Å². The first-order valence-corrected chi connectivity index (χ1v) is 9.66. The average molecular weight is 361 g/mol. The lowest BCUT2D eigenvalue weighted by Crippen LogP contribution is -2.50. The summed E-state index contributed by atoms with van der Waals surface area (Å²) in [5.74, 6) is 0.663. The Morgan fingerprint density at radius 1 is 1.15 bits per heavy atom. The van der Waals surface area contributed by atoms with E-state index in [2.05, 4.69) is 5.32 Å². The molecule has 3 rings (SSSR count). The number of likely N-dealkylation sites (tertiary alicyclic amines) is 1. The molecule has 1 aromatic rings. The summed E-state index contributed by atoms with van der Waals surface area (Å²) in [6.07, 6.45) is 1.62. The third kappa shape index (κ3) is 6.02. The molecule has 2 amide bonds. The molecule has 0 saturated carbocycles. The van der Waals surface area contributed by atoms with Crippen LogP contribution in [0.15, 0.2) is 30.3 Å². The van der Waals surface area contributed by atoms with Gasteiger partial charge in [0.1, 0.15) is 6.61 Å². The second-order valence-corrected chi connectivity index (χ2v) is 6.49. The van der Waals surface area contributed by atoms with E-state index in [1.54, 1.807) is 4.90 Å². The van der Waals surface area contributed by atoms with Gasteiger partial charge in [-0.1, -0.05) is 44.2 Å². The number of piperidine rings is 1. The zero-order valence-electron chi connectivity index (χ0n) is 15.9. The van der Waals surface area contributed by atoms with Crippen LogP contribution in [0.5, 0.6) is 0 Å². The highest BCUT2D eigenvalue weighted by Gasteiger charge is 2.27. The van der Waals surface area contributed by atoms with Crippen molar-refractivity contribution in [3.63, 3.8) is 0 Å². The van der Waals surface area contributed by atoms with Crippen molar-refractivity contribution in [2.24, 2.45) is 5.92 Å². The van der Waals surface area contributed by atoms with Crippen LogP contribution < -0.4 is 5.32 Å². The van der Waals surface area contributed by atoms with E-state index in [4.69, 9.17) is 4.74 Å². The number of piperazine rings is 1. The molecule has 26 heavy (non-hydrogen) atoms. The van der Waals surface area contributed by atoms with Crippen molar-refractivity contribution in [1.82, 2.24) is 15.1 Å². The average Bonchev–Trinajstić information content (AvgIpc) is 2.71. The maximum Gasteiger partial charge on any atom is 0.410 e. The number of ether oxygens (including phenoxy) is 1. The first kappa shape index (κ1) is 20.2. The second-order valence-electron chi connectivity index (χ2n) is 6.49. The van der Waals surface area contributed by atoms with Crippen LogP contribution in [-0.4, -0.2) is 61.1 Å². The fourth-order valence-corrected chi connectivity index (χ4v) is 3.26. The number of nitrogens with one attached hydrogen (secondary N) is 1. The normalized spacial score (nSPS) is 18.2. The molecule has 0 radical (unpaired) electrons. The lowest BCUT2D eigenvalue weighted by molar-refractivity contribution is -0.132. The van der Waals surface area contributed by atoms with E-state index >= 15 is 0 Å². The molecule has 1 aromatic carbocycles. The van der Waals surface area contributed by atoms with Gasteiger partial charge in [-0.2, -0.15) is 0 Å². The Balaban J connectivity index is 0.00000117. The van der Waals surface area contributed by atoms with Crippen molar-refractivity contribution in [3.05, 3.63) is 35.9 Å². The van der Waals surface area contributed by atoms with E-state index in [0.717, 1.165) is 38.0 Å². The minimum atomic E-state index is -0.240. The first-order valence-electron chi connectivity index (χ1n) is 9.66. The maximum atomic E-state index is 12.2. The minimum absolute atomic E-state index is 0.186. The predicted octanol–water partition coefficient (Wildman–Crippen LogP) is 2.49. The SMILES string of the molecule is CC.O=C1CNCCN1CC1CCN(C(=O)OCc2ccccc2)CC1. The lowest BCUT2D eigenvalue weighted by Gasteiger charge is -2.35. The number of benzene rings is 1. The van der Waals surface area contributed by atoms with Crippen molar-refractivity contribution in [1.29, 1.82) is 0 Å². The van der Waals surface area contributed by atoms with Crippen LogP contribution in [0, 0.1) is 5.92 Å². The highest BCUT2D eigenvalue weighted by molar-refractivity contribution is 5.79. The summed E-state index contributed by atoms with van der Waals surface area (Å²) in [6, 6.07) is 9.71. The van der Waals surface area contributed by atoms with Crippen LogP contribution in [0.25, 0.3) is 0 Å². The number of carbonyl (C=O) groups excluding carboxylic acids is 2. The highest BCUT2D eigenvalue weighted by Crippen LogP contribution is 2.19. The van der Waals surface area contributed by atoms with Crippen LogP contribution in [0.2, 0.25) is 0 Å². The molecule has 0 spiro atoms. The summed E-state index contributed by atoms with van der Waals surface area (Å²) in [6.45, 7) is 8.65. The van der Waals surface area contributed by atoms with Gasteiger partial charge in [-0.15, -0.1) is 0 Å². The smallest absolute Gasteiger partial charge is 0.410 e. The van der Waals surface area contributed by atoms with Gasteiger partial charge in [0.25, 0.3) is 0 Å². The lowest BCUT2D eigenvalue weighted by atomic mass is 9.96. The molecule has 6 heteroatoms. The number of hydrogen-bond acceptors (Lipinski definition) is 4. The van der Waals surface area contributed by atoms with Gasteiger partial charge in [0.2, 0.25) is 5.91 Å². The third-order valence-electron chi connectivity index (χ3n) is 4.74. The van der Waals surface area contributed by atoms with Gasteiger partial charge < -0.3 is 19.9 Å². The molecule has 0 atom stereocenters. The molecule has 2 saturated heterocycles. The Kier molecular flexibility index (Phi) is 8.41. The van der Waals surface area contributed by atoms with Gasteiger partial charge in [-0.05, 0) is 24.3 Å².